The summed E-state index contributed by atoms with van der Waals surface area (Å²) in [5, 5.41) is 14.3. The van der Waals surface area contributed by atoms with Crippen molar-refractivity contribution in [1.29, 1.82) is 0 Å². The Hall–Kier alpha value is -3.88. The molecule has 9 nitrogen and oxygen atoms in total. The number of benzene rings is 2. The molecule has 0 aliphatic carbocycles. The summed E-state index contributed by atoms with van der Waals surface area (Å²) < 4.78 is 5.10. The van der Waals surface area contributed by atoms with E-state index in [1.54, 1.807) is 54.6 Å². The van der Waals surface area contributed by atoms with Crippen LogP contribution in [0.15, 0.2) is 54.6 Å². The largest absolute Gasteiger partial charge is 0.497 e. The van der Waals surface area contributed by atoms with E-state index in [0.717, 1.165) is 4.90 Å². The van der Waals surface area contributed by atoms with Gasteiger partial charge in [0.25, 0.3) is 5.91 Å². The molecule has 1 saturated heterocycles. The normalized spacial score (nSPS) is 18.1. The van der Waals surface area contributed by atoms with Crippen LogP contribution in [0.25, 0.3) is 0 Å². The summed E-state index contributed by atoms with van der Waals surface area (Å²) in [7, 11) is 1.49. The maximum absolute atomic E-state index is 13.2. The number of carboxylic acids is 1. The van der Waals surface area contributed by atoms with Crippen molar-refractivity contribution in [3.05, 3.63) is 60.2 Å². The standard InChI is InChI=1S/C21H21N3O6/c1-30-16-9-5-8-15(12-16)22-17(25)13-24-19(28)21(23-20(24)29,11-10-18(26)27)14-6-3-2-4-7-14/h2-9,12H,10-11,13H2,1H3,(H,22,25)(H,23,29)(H,26,27). The van der Waals surface area contributed by atoms with Crippen LogP contribution >= 0.6 is 0 Å². The number of hydrogen-bond donors (Lipinski definition) is 3. The van der Waals surface area contributed by atoms with Gasteiger partial charge < -0.3 is 20.5 Å². The van der Waals surface area contributed by atoms with Gasteiger partial charge in [0.2, 0.25) is 5.91 Å². The Bertz CT molecular complexity index is 978. The SMILES string of the molecule is COc1cccc(NC(=O)CN2C(=O)NC(CCC(=O)O)(c3ccccc3)C2=O)c1. The molecule has 156 valence electrons. The minimum absolute atomic E-state index is 0.134. The molecule has 0 radical (unpaired) electrons. The highest BCUT2D eigenvalue weighted by Gasteiger charge is 2.52. The first-order valence-corrected chi connectivity index (χ1v) is 9.21. The van der Waals surface area contributed by atoms with Gasteiger partial charge in [0, 0.05) is 18.2 Å². The van der Waals surface area contributed by atoms with Gasteiger partial charge in [-0.15, -0.1) is 0 Å². The lowest BCUT2D eigenvalue weighted by Gasteiger charge is -2.26. The van der Waals surface area contributed by atoms with Gasteiger partial charge in [-0.2, -0.15) is 0 Å². The molecule has 1 aliphatic rings. The summed E-state index contributed by atoms with van der Waals surface area (Å²) >= 11 is 0. The highest BCUT2D eigenvalue weighted by Crippen LogP contribution is 2.33. The second-order valence-corrected chi connectivity index (χ2v) is 6.77. The van der Waals surface area contributed by atoms with Crippen LogP contribution < -0.4 is 15.4 Å². The molecule has 2 aromatic carbocycles. The lowest BCUT2D eigenvalue weighted by molar-refractivity contribution is -0.138. The Morgan fingerprint density at radius 1 is 1.13 bits per heavy atom. The molecular formula is C21H21N3O6. The third kappa shape index (κ3) is 4.24. The molecule has 3 rings (SSSR count). The maximum atomic E-state index is 13.2. The fourth-order valence-corrected chi connectivity index (χ4v) is 3.34. The zero-order valence-corrected chi connectivity index (χ0v) is 16.3. The van der Waals surface area contributed by atoms with E-state index in [2.05, 4.69) is 10.6 Å². The van der Waals surface area contributed by atoms with Gasteiger partial charge in [-0.3, -0.25) is 19.3 Å². The lowest BCUT2D eigenvalue weighted by Crippen LogP contribution is -2.45. The van der Waals surface area contributed by atoms with E-state index >= 15 is 0 Å². The Morgan fingerprint density at radius 3 is 2.53 bits per heavy atom. The van der Waals surface area contributed by atoms with Crippen LogP contribution in [0, 0.1) is 0 Å². The van der Waals surface area contributed by atoms with Crippen molar-refractivity contribution in [3.8, 4) is 5.75 Å². The second kappa shape index (κ2) is 8.64. The van der Waals surface area contributed by atoms with Gasteiger partial charge in [0.15, 0.2) is 0 Å². The molecule has 3 N–H and O–H groups in total. The van der Waals surface area contributed by atoms with Crippen LogP contribution in [-0.4, -0.2) is 47.5 Å². The summed E-state index contributed by atoms with van der Waals surface area (Å²) in [5.41, 5.74) is -0.626. The van der Waals surface area contributed by atoms with E-state index in [1.165, 1.54) is 7.11 Å². The van der Waals surface area contributed by atoms with Crippen LogP contribution in [-0.2, 0) is 19.9 Å². The topological polar surface area (TPSA) is 125 Å². The molecule has 4 amide bonds. The number of nitrogens with zero attached hydrogens (tertiary/aromatic N) is 1. The molecule has 0 spiro atoms. The van der Waals surface area contributed by atoms with Crippen molar-refractivity contribution in [2.24, 2.45) is 0 Å². The Balaban J connectivity index is 1.80. The highest BCUT2D eigenvalue weighted by molar-refractivity contribution is 6.10. The number of carbonyl (C=O) groups is 4. The summed E-state index contributed by atoms with van der Waals surface area (Å²) in [4.78, 5) is 50.1. The number of urea groups is 1. The predicted octanol–water partition coefficient (Wildman–Crippen LogP) is 1.95. The van der Waals surface area contributed by atoms with Crippen LogP contribution in [0.5, 0.6) is 5.75 Å². The van der Waals surface area contributed by atoms with Crippen LogP contribution in [0.2, 0.25) is 0 Å². The van der Waals surface area contributed by atoms with Crippen molar-refractivity contribution in [2.75, 3.05) is 19.0 Å². The molecular weight excluding hydrogens is 390 g/mol. The van der Waals surface area contributed by atoms with Crippen molar-refractivity contribution in [3.63, 3.8) is 0 Å². The van der Waals surface area contributed by atoms with E-state index in [-0.39, 0.29) is 12.8 Å². The molecule has 2 aromatic rings. The molecule has 9 heteroatoms. The van der Waals surface area contributed by atoms with Gasteiger partial charge in [0.1, 0.15) is 17.8 Å². The molecule has 1 heterocycles. The number of anilines is 1. The molecule has 1 fully saturated rings. The molecule has 1 unspecified atom stereocenters. The number of amides is 4. The van der Waals surface area contributed by atoms with Crippen LogP contribution in [0.4, 0.5) is 10.5 Å². The molecule has 0 bridgehead atoms. The first-order chi connectivity index (χ1) is 14.4. The average molecular weight is 411 g/mol. The Morgan fingerprint density at radius 2 is 1.87 bits per heavy atom. The number of methoxy groups -OCH3 is 1. The number of nitrogens with one attached hydrogen (secondary N) is 2. The Labute approximate surface area is 172 Å². The number of hydrogen-bond acceptors (Lipinski definition) is 5. The predicted molar refractivity (Wildman–Crippen MR) is 107 cm³/mol. The molecule has 1 atom stereocenters. The maximum Gasteiger partial charge on any atom is 0.325 e. The third-order valence-corrected chi connectivity index (χ3v) is 4.81. The molecule has 30 heavy (non-hydrogen) atoms. The minimum Gasteiger partial charge on any atom is -0.497 e. The minimum atomic E-state index is -1.53. The number of rotatable bonds is 8. The summed E-state index contributed by atoms with van der Waals surface area (Å²) in [6.07, 6.45) is -0.463. The van der Waals surface area contributed by atoms with Crippen LogP contribution in [0.1, 0.15) is 18.4 Å². The zero-order valence-electron chi connectivity index (χ0n) is 16.3. The Kier molecular flexibility index (Phi) is 6.01. The number of aliphatic carboxylic acids is 1. The first kappa shape index (κ1) is 20.8. The smallest absolute Gasteiger partial charge is 0.325 e. The number of imide groups is 1. The molecule has 0 saturated carbocycles. The van der Waals surface area contributed by atoms with E-state index in [4.69, 9.17) is 9.84 Å². The molecule has 0 aromatic heterocycles. The number of carbonyl (C=O) groups excluding carboxylic acids is 3. The first-order valence-electron chi connectivity index (χ1n) is 9.21. The summed E-state index contributed by atoms with van der Waals surface area (Å²) in [6, 6.07) is 14.3. The van der Waals surface area contributed by atoms with Gasteiger partial charge in [-0.1, -0.05) is 36.4 Å². The van der Waals surface area contributed by atoms with E-state index in [9.17, 15) is 19.2 Å². The van der Waals surface area contributed by atoms with E-state index in [0.29, 0.717) is 17.0 Å². The third-order valence-electron chi connectivity index (χ3n) is 4.81. The number of carboxylic acid groups (broad SMARTS) is 1. The van der Waals surface area contributed by atoms with Crippen molar-refractivity contribution >= 4 is 29.5 Å². The quantitative estimate of drug-likeness (QED) is 0.570. The van der Waals surface area contributed by atoms with Gasteiger partial charge in [-0.25, -0.2) is 4.79 Å². The zero-order chi connectivity index (χ0) is 21.7. The summed E-state index contributed by atoms with van der Waals surface area (Å²) in [5.74, 6) is -1.80. The van der Waals surface area contributed by atoms with Gasteiger partial charge in [0.05, 0.1) is 7.11 Å². The van der Waals surface area contributed by atoms with Crippen LogP contribution in [0.3, 0.4) is 0 Å². The van der Waals surface area contributed by atoms with Gasteiger partial charge in [-0.05, 0) is 24.1 Å². The van der Waals surface area contributed by atoms with Crippen molar-refractivity contribution in [2.45, 2.75) is 18.4 Å². The average Bonchev–Trinajstić information content (AvgIpc) is 2.98. The lowest BCUT2D eigenvalue weighted by atomic mass is 9.85. The number of ether oxygens (including phenoxy) is 1. The van der Waals surface area contributed by atoms with Gasteiger partial charge >= 0.3 is 12.0 Å². The summed E-state index contributed by atoms with van der Waals surface area (Å²) in [6.45, 7) is -0.510. The van der Waals surface area contributed by atoms with E-state index in [1.807, 2.05) is 0 Å². The fourth-order valence-electron chi connectivity index (χ4n) is 3.34. The molecule has 1 aliphatic heterocycles. The second-order valence-electron chi connectivity index (χ2n) is 6.77. The van der Waals surface area contributed by atoms with Crippen molar-refractivity contribution in [1.82, 2.24) is 10.2 Å². The fraction of sp³-hybridized carbons (Fsp3) is 0.238. The van der Waals surface area contributed by atoms with Crippen molar-refractivity contribution < 1.29 is 29.0 Å². The monoisotopic (exact) mass is 411 g/mol. The van der Waals surface area contributed by atoms with E-state index < -0.39 is 35.9 Å². The highest BCUT2D eigenvalue weighted by atomic mass is 16.5.